The number of nitrogens with zero attached hydrogens (tertiary/aromatic N) is 1. The fourth-order valence-electron chi connectivity index (χ4n) is 6.75. The third kappa shape index (κ3) is 4.50. The Balaban J connectivity index is 1.30. The molecule has 0 radical (unpaired) electrons. The van der Waals surface area contributed by atoms with Gasteiger partial charge in [0.25, 0.3) is 0 Å². The first-order chi connectivity index (χ1) is 18.9. The van der Waals surface area contributed by atoms with Crippen molar-refractivity contribution < 1.29 is 23.9 Å². The number of hydrogen-bond acceptors (Lipinski definition) is 5. The number of methoxy groups -OCH3 is 1. The van der Waals surface area contributed by atoms with Gasteiger partial charge in [-0.15, -0.1) is 0 Å². The molecule has 3 heterocycles. The molecule has 3 amide bonds. The van der Waals surface area contributed by atoms with Crippen molar-refractivity contribution in [3.63, 3.8) is 0 Å². The van der Waals surface area contributed by atoms with Crippen molar-refractivity contribution in [2.24, 2.45) is 11.8 Å². The van der Waals surface area contributed by atoms with E-state index in [1.165, 1.54) is 6.42 Å². The third-order valence-corrected chi connectivity index (χ3v) is 8.71. The second-order valence-electron chi connectivity index (χ2n) is 11.2. The number of rotatable bonds is 7. The van der Waals surface area contributed by atoms with E-state index in [-0.39, 0.29) is 30.3 Å². The summed E-state index contributed by atoms with van der Waals surface area (Å²) in [6.07, 6.45) is 8.36. The first kappa shape index (κ1) is 25.6. The molecule has 0 aromatic heterocycles. The van der Waals surface area contributed by atoms with Gasteiger partial charge < -0.3 is 25.0 Å². The predicted octanol–water partition coefficient (Wildman–Crippen LogP) is 3.74. The summed E-state index contributed by atoms with van der Waals surface area (Å²) in [4.78, 5) is 43.3. The van der Waals surface area contributed by atoms with Crippen molar-refractivity contribution in [2.45, 2.75) is 69.4 Å². The maximum Gasteiger partial charge on any atom is 0.246 e. The lowest BCUT2D eigenvalue weighted by Gasteiger charge is -2.34. The van der Waals surface area contributed by atoms with Crippen LogP contribution in [-0.4, -0.2) is 53.5 Å². The van der Waals surface area contributed by atoms with Gasteiger partial charge in [0.05, 0.1) is 25.0 Å². The van der Waals surface area contributed by atoms with Crippen LogP contribution in [0.25, 0.3) is 0 Å². The summed E-state index contributed by atoms with van der Waals surface area (Å²) >= 11 is 0. The topological polar surface area (TPSA) is 97.0 Å². The van der Waals surface area contributed by atoms with Gasteiger partial charge in [0, 0.05) is 18.3 Å². The van der Waals surface area contributed by atoms with E-state index < -0.39 is 29.6 Å². The molecule has 39 heavy (non-hydrogen) atoms. The molecule has 3 fully saturated rings. The zero-order valence-corrected chi connectivity index (χ0v) is 22.4. The van der Waals surface area contributed by atoms with Gasteiger partial charge in [-0.25, -0.2) is 0 Å². The minimum atomic E-state index is -1.17. The highest BCUT2D eigenvalue weighted by molar-refractivity contribution is 6.02. The number of carbonyl (C=O) groups excluding carboxylic acids is 3. The molecule has 2 aromatic carbocycles. The largest absolute Gasteiger partial charge is 0.497 e. The highest BCUT2D eigenvalue weighted by atomic mass is 16.5. The van der Waals surface area contributed by atoms with Gasteiger partial charge in [-0.1, -0.05) is 61.2 Å². The number of hydrogen-bond donors (Lipinski definition) is 2. The van der Waals surface area contributed by atoms with E-state index in [1.807, 2.05) is 43.3 Å². The van der Waals surface area contributed by atoms with Crippen LogP contribution < -0.4 is 15.4 Å². The molecule has 5 unspecified atom stereocenters. The van der Waals surface area contributed by atoms with E-state index in [4.69, 9.17) is 9.47 Å². The van der Waals surface area contributed by atoms with E-state index in [2.05, 4.69) is 10.6 Å². The SMILES string of the molecule is COc1ccc(NC(=O)C2C3C=CC4(O3)C2C(=O)N(Cc2ccc(C)cc2)C4C(=O)NC2CCCCC2)cc1. The average Bonchev–Trinajstić information content (AvgIpc) is 3.58. The fourth-order valence-corrected chi connectivity index (χ4v) is 6.75. The van der Waals surface area contributed by atoms with Crippen LogP contribution in [0.2, 0.25) is 0 Å². The average molecular weight is 530 g/mol. The zero-order chi connectivity index (χ0) is 27.1. The molecule has 8 heteroatoms. The van der Waals surface area contributed by atoms with Crippen LogP contribution in [0.3, 0.4) is 0 Å². The number of fused-ring (bicyclic) bond motifs is 1. The van der Waals surface area contributed by atoms with Crippen LogP contribution >= 0.6 is 0 Å². The Bertz CT molecular complexity index is 1280. The number of likely N-dealkylation sites (tertiary alicyclic amines) is 1. The molecular weight excluding hydrogens is 494 g/mol. The lowest BCUT2D eigenvalue weighted by Crippen LogP contribution is -2.56. The molecule has 8 nitrogen and oxygen atoms in total. The lowest BCUT2D eigenvalue weighted by molar-refractivity contribution is -0.142. The standard InChI is InChI=1S/C31H35N3O5/c1-19-8-10-20(11-9-19)18-34-27(29(36)33-21-6-4-3-5-7-21)31-17-16-24(39-31)25(26(31)30(34)37)28(35)32-22-12-14-23(38-2)15-13-22/h8-17,21,24-27H,3-7,18H2,1-2H3,(H,32,35)(H,33,36). The smallest absolute Gasteiger partial charge is 0.246 e. The summed E-state index contributed by atoms with van der Waals surface area (Å²) in [5.74, 6) is -1.55. The van der Waals surface area contributed by atoms with Gasteiger partial charge in [0.15, 0.2) is 0 Å². The van der Waals surface area contributed by atoms with Crippen molar-refractivity contribution in [1.82, 2.24) is 10.2 Å². The Morgan fingerprint density at radius 2 is 1.74 bits per heavy atom. The maximum absolute atomic E-state index is 14.1. The first-order valence-corrected chi connectivity index (χ1v) is 13.9. The van der Waals surface area contributed by atoms with Crippen LogP contribution in [0.5, 0.6) is 5.75 Å². The van der Waals surface area contributed by atoms with Gasteiger partial charge in [-0.3, -0.25) is 14.4 Å². The second kappa shape index (κ2) is 10.2. The first-order valence-electron chi connectivity index (χ1n) is 13.9. The molecule has 1 aliphatic carbocycles. The summed E-state index contributed by atoms with van der Waals surface area (Å²) in [6, 6.07) is 14.3. The number of ether oxygens (including phenoxy) is 2. The Morgan fingerprint density at radius 3 is 2.44 bits per heavy atom. The molecule has 2 aromatic rings. The minimum Gasteiger partial charge on any atom is -0.497 e. The third-order valence-electron chi connectivity index (χ3n) is 8.71. The Kier molecular flexibility index (Phi) is 6.67. The molecule has 3 aliphatic heterocycles. The molecule has 204 valence electrons. The van der Waals surface area contributed by atoms with Crippen molar-refractivity contribution >= 4 is 23.4 Å². The molecule has 2 bridgehead atoms. The Labute approximate surface area is 228 Å². The molecular formula is C31H35N3O5. The van der Waals surface area contributed by atoms with Crippen molar-refractivity contribution in [3.05, 3.63) is 71.8 Å². The van der Waals surface area contributed by atoms with Crippen LogP contribution in [0.1, 0.15) is 43.2 Å². The highest BCUT2D eigenvalue weighted by Crippen LogP contribution is 2.55. The molecule has 6 rings (SSSR count). The minimum absolute atomic E-state index is 0.0924. The van der Waals surface area contributed by atoms with Crippen molar-refractivity contribution in [2.75, 3.05) is 12.4 Å². The highest BCUT2D eigenvalue weighted by Gasteiger charge is 2.72. The quantitative estimate of drug-likeness (QED) is 0.533. The number of amides is 3. The number of aryl methyl sites for hydroxylation is 1. The monoisotopic (exact) mass is 529 g/mol. The van der Waals surface area contributed by atoms with E-state index in [0.29, 0.717) is 11.4 Å². The summed E-state index contributed by atoms with van der Waals surface area (Å²) in [7, 11) is 1.58. The Morgan fingerprint density at radius 1 is 1.03 bits per heavy atom. The zero-order valence-electron chi connectivity index (χ0n) is 22.4. The fraction of sp³-hybridized carbons (Fsp3) is 0.452. The van der Waals surface area contributed by atoms with Gasteiger partial charge in [0.2, 0.25) is 17.7 Å². The van der Waals surface area contributed by atoms with Crippen LogP contribution in [0.15, 0.2) is 60.7 Å². The molecule has 2 saturated heterocycles. The molecule has 1 spiro atoms. The van der Waals surface area contributed by atoms with E-state index in [0.717, 1.165) is 36.8 Å². The Hall–Kier alpha value is -3.65. The van der Waals surface area contributed by atoms with Gasteiger partial charge in [-0.2, -0.15) is 0 Å². The van der Waals surface area contributed by atoms with E-state index in [9.17, 15) is 14.4 Å². The predicted molar refractivity (Wildman–Crippen MR) is 146 cm³/mol. The molecule has 4 aliphatic rings. The summed E-state index contributed by atoms with van der Waals surface area (Å²) in [6.45, 7) is 2.28. The normalized spacial score (nSPS) is 29.4. The lowest BCUT2D eigenvalue weighted by atomic mass is 9.74. The second-order valence-corrected chi connectivity index (χ2v) is 11.2. The number of carbonyl (C=O) groups is 3. The summed E-state index contributed by atoms with van der Waals surface area (Å²) in [5.41, 5.74) is 1.48. The molecule has 2 N–H and O–H groups in total. The van der Waals surface area contributed by atoms with Gasteiger partial charge in [-0.05, 0) is 49.6 Å². The summed E-state index contributed by atoms with van der Waals surface area (Å²) in [5, 5.41) is 6.18. The van der Waals surface area contributed by atoms with Gasteiger partial charge >= 0.3 is 0 Å². The summed E-state index contributed by atoms with van der Waals surface area (Å²) < 4.78 is 11.7. The molecule has 5 atom stereocenters. The van der Waals surface area contributed by atoms with Crippen molar-refractivity contribution in [1.29, 1.82) is 0 Å². The van der Waals surface area contributed by atoms with E-state index in [1.54, 1.807) is 36.3 Å². The maximum atomic E-state index is 14.1. The van der Waals surface area contributed by atoms with Crippen molar-refractivity contribution in [3.8, 4) is 5.75 Å². The van der Waals surface area contributed by atoms with E-state index >= 15 is 0 Å². The van der Waals surface area contributed by atoms with Crippen LogP contribution in [0.4, 0.5) is 5.69 Å². The van der Waals surface area contributed by atoms with Crippen LogP contribution in [-0.2, 0) is 25.7 Å². The van der Waals surface area contributed by atoms with Crippen LogP contribution in [0, 0.1) is 18.8 Å². The number of anilines is 1. The molecule has 1 saturated carbocycles. The number of nitrogens with one attached hydrogen (secondary N) is 2. The van der Waals surface area contributed by atoms with Gasteiger partial charge in [0.1, 0.15) is 17.4 Å². The number of benzene rings is 2.